The highest BCUT2D eigenvalue weighted by Gasteiger charge is 2.35. The third-order valence-corrected chi connectivity index (χ3v) is 7.50. The lowest BCUT2D eigenvalue weighted by Gasteiger charge is -2.34. The molecule has 198 valence electrons. The molecule has 2 aliphatic rings. The van der Waals surface area contributed by atoms with Crippen molar-refractivity contribution in [3.05, 3.63) is 95.6 Å². The highest BCUT2D eigenvalue weighted by Crippen LogP contribution is 2.45. The largest absolute Gasteiger partial charge is 0.497 e. The Morgan fingerprint density at radius 1 is 0.947 bits per heavy atom. The van der Waals surface area contributed by atoms with Gasteiger partial charge in [0.05, 0.1) is 25.6 Å². The monoisotopic (exact) mass is 515 g/mol. The average molecular weight is 516 g/mol. The number of carboxylic acid groups (broad SMARTS) is 1. The van der Waals surface area contributed by atoms with Crippen LogP contribution in [0.4, 0.5) is 0 Å². The Bertz CT molecular complexity index is 1240. The third kappa shape index (κ3) is 5.07. The maximum atomic E-state index is 11.6. The van der Waals surface area contributed by atoms with Crippen LogP contribution in [0.5, 0.6) is 23.0 Å². The fourth-order valence-corrected chi connectivity index (χ4v) is 5.44. The Kier molecular flexibility index (Phi) is 7.56. The van der Waals surface area contributed by atoms with Gasteiger partial charge in [-0.05, 0) is 72.5 Å². The Balaban J connectivity index is 1.62. The molecule has 2 aliphatic heterocycles. The fraction of sp³-hybridized carbons (Fsp3) is 0.323. The van der Waals surface area contributed by atoms with Crippen LogP contribution in [0.2, 0.25) is 0 Å². The molecule has 7 nitrogen and oxygen atoms in total. The number of benzene rings is 3. The van der Waals surface area contributed by atoms with E-state index in [1.807, 2.05) is 36.4 Å². The number of aliphatic carboxylic acids is 1. The lowest BCUT2D eigenvalue weighted by atomic mass is 9.69. The van der Waals surface area contributed by atoms with Gasteiger partial charge in [-0.1, -0.05) is 42.5 Å². The Hall–Kier alpha value is -3.97. The first-order chi connectivity index (χ1) is 18.5. The molecule has 1 atom stereocenters. The van der Waals surface area contributed by atoms with E-state index in [0.717, 1.165) is 53.3 Å². The van der Waals surface area contributed by atoms with Gasteiger partial charge in [0.2, 0.25) is 6.79 Å². The van der Waals surface area contributed by atoms with Crippen LogP contribution in [0.1, 0.15) is 29.5 Å². The van der Waals surface area contributed by atoms with Crippen LogP contribution in [0.3, 0.4) is 0 Å². The van der Waals surface area contributed by atoms with Crippen molar-refractivity contribution in [1.82, 2.24) is 4.90 Å². The molecule has 0 aliphatic carbocycles. The molecule has 7 heteroatoms. The smallest absolute Gasteiger partial charge is 0.307 e. The fourth-order valence-electron chi connectivity index (χ4n) is 5.44. The Morgan fingerprint density at radius 3 is 2.16 bits per heavy atom. The topological polar surface area (TPSA) is 77.5 Å². The van der Waals surface area contributed by atoms with Gasteiger partial charge in [0.15, 0.2) is 11.5 Å². The first kappa shape index (κ1) is 25.7. The van der Waals surface area contributed by atoms with Crippen molar-refractivity contribution in [3.8, 4) is 23.0 Å². The lowest BCUT2D eigenvalue weighted by molar-refractivity contribution is -0.143. The SMILES string of the molecule is COc1ccc(C(/C=C/CN2CCCC(C(=O)O)C2)(c2ccc(OC)cc2)c2ccc3c(c2)OCO3)cc1. The van der Waals surface area contributed by atoms with Gasteiger partial charge in [-0.15, -0.1) is 0 Å². The quantitative estimate of drug-likeness (QED) is 0.313. The second-order valence-electron chi connectivity index (χ2n) is 9.67. The number of methoxy groups -OCH3 is 2. The van der Waals surface area contributed by atoms with Crippen LogP contribution in [-0.2, 0) is 10.2 Å². The van der Waals surface area contributed by atoms with E-state index in [1.54, 1.807) is 14.2 Å². The molecule has 1 fully saturated rings. The molecule has 0 radical (unpaired) electrons. The number of nitrogens with zero attached hydrogens (tertiary/aromatic N) is 1. The predicted molar refractivity (Wildman–Crippen MR) is 144 cm³/mol. The summed E-state index contributed by atoms with van der Waals surface area (Å²) in [5, 5.41) is 9.53. The Labute approximate surface area is 223 Å². The molecule has 5 rings (SSSR count). The number of carbonyl (C=O) groups is 1. The summed E-state index contributed by atoms with van der Waals surface area (Å²) in [7, 11) is 3.32. The predicted octanol–water partition coefficient (Wildman–Crippen LogP) is 5.12. The van der Waals surface area contributed by atoms with Crippen LogP contribution in [-0.4, -0.2) is 56.6 Å². The van der Waals surface area contributed by atoms with Gasteiger partial charge in [-0.3, -0.25) is 9.69 Å². The highest BCUT2D eigenvalue weighted by molar-refractivity contribution is 5.70. The number of allylic oxidation sites excluding steroid dienone is 1. The zero-order valence-corrected chi connectivity index (χ0v) is 21.8. The van der Waals surface area contributed by atoms with Crippen molar-refractivity contribution in [2.45, 2.75) is 18.3 Å². The van der Waals surface area contributed by atoms with Crippen molar-refractivity contribution >= 4 is 5.97 Å². The molecule has 0 aromatic heterocycles. The van der Waals surface area contributed by atoms with Crippen molar-refractivity contribution in [2.24, 2.45) is 5.92 Å². The molecular formula is C31H33NO6. The third-order valence-electron chi connectivity index (χ3n) is 7.50. The molecule has 0 amide bonds. The van der Waals surface area contributed by atoms with Crippen molar-refractivity contribution < 1.29 is 28.8 Å². The van der Waals surface area contributed by atoms with Gasteiger partial charge in [-0.25, -0.2) is 0 Å². The molecule has 3 aromatic carbocycles. The summed E-state index contributed by atoms with van der Waals surface area (Å²) in [6.07, 6.45) is 5.99. The summed E-state index contributed by atoms with van der Waals surface area (Å²) < 4.78 is 22.3. The molecule has 1 saturated heterocycles. The number of likely N-dealkylation sites (tertiary alicyclic amines) is 1. The van der Waals surface area contributed by atoms with Gasteiger partial charge in [0.25, 0.3) is 0 Å². The normalized spacial score (nSPS) is 17.5. The standard InChI is InChI=1S/C31H33NO6/c1-35-26-11-6-23(7-12-26)31(24-8-13-27(36-2)14-9-24,25-10-15-28-29(19-25)38-21-37-28)16-4-18-32-17-3-5-22(20-32)30(33)34/h4,6-16,19,22H,3,5,17-18,20-21H2,1-2H3,(H,33,34)/b16-4+. The molecule has 0 bridgehead atoms. The van der Waals surface area contributed by atoms with Crippen molar-refractivity contribution in [1.29, 1.82) is 0 Å². The summed E-state index contributed by atoms with van der Waals surface area (Å²) >= 11 is 0. The minimum absolute atomic E-state index is 0.201. The van der Waals surface area contributed by atoms with Crippen LogP contribution in [0, 0.1) is 5.92 Å². The second kappa shape index (κ2) is 11.2. The van der Waals surface area contributed by atoms with E-state index >= 15 is 0 Å². The van der Waals surface area contributed by atoms with E-state index in [0.29, 0.717) is 18.8 Å². The van der Waals surface area contributed by atoms with Crippen LogP contribution in [0.15, 0.2) is 78.9 Å². The zero-order valence-electron chi connectivity index (χ0n) is 21.8. The van der Waals surface area contributed by atoms with Gasteiger partial charge in [0, 0.05) is 13.1 Å². The number of piperidine rings is 1. The van der Waals surface area contributed by atoms with E-state index < -0.39 is 11.4 Å². The first-order valence-corrected chi connectivity index (χ1v) is 12.9. The second-order valence-corrected chi connectivity index (χ2v) is 9.67. The number of hydrogen-bond donors (Lipinski definition) is 1. The number of ether oxygens (including phenoxy) is 4. The van der Waals surface area contributed by atoms with Gasteiger partial charge in [-0.2, -0.15) is 0 Å². The van der Waals surface area contributed by atoms with Crippen molar-refractivity contribution in [2.75, 3.05) is 40.6 Å². The van der Waals surface area contributed by atoms with Crippen LogP contribution < -0.4 is 18.9 Å². The summed E-state index contributed by atoms with van der Waals surface area (Å²) in [6, 6.07) is 22.3. The minimum Gasteiger partial charge on any atom is -0.497 e. The number of carboxylic acids is 1. The number of rotatable bonds is 9. The lowest BCUT2D eigenvalue weighted by Crippen LogP contribution is -2.38. The van der Waals surface area contributed by atoms with E-state index in [4.69, 9.17) is 18.9 Å². The zero-order chi connectivity index (χ0) is 26.5. The summed E-state index contributed by atoms with van der Waals surface area (Å²) in [5.41, 5.74) is 2.47. The summed E-state index contributed by atoms with van der Waals surface area (Å²) in [5.74, 6) is 1.95. The average Bonchev–Trinajstić information content (AvgIpc) is 3.44. The highest BCUT2D eigenvalue weighted by atomic mass is 16.7. The van der Waals surface area contributed by atoms with E-state index in [9.17, 15) is 9.90 Å². The van der Waals surface area contributed by atoms with Gasteiger partial charge >= 0.3 is 5.97 Å². The van der Waals surface area contributed by atoms with Crippen LogP contribution in [0.25, 0.3) is 0 Å². The van der Waals surface area contributed by atoms with Gasteiger partial charge < -0.3 is 24.1 Å². The maximum Gasteiger partial charge on any atom is 0.307 e. The summed E-state index contributed by atoms with van der Waals surface area (Å²) in [4.78, 5) is 13.8. The molecule has 38 heavy (non-hydrogen) atoms. The van der Waals surface area contributed by atoms with E-state index in [2.05, 4.69) is 47.4 Å². The van der Waals surface area contributed by atoms with Crippen LogP contribution >= 0.6 is 0 Å². The van der Waals surface area contributed by atoms with Gasteiger partial charge in [0.1, 0.15) is 11.5 Å². The molecule has 0 spiro atoms. The molecule has 1 unspecified atom stereocenters. The molecule has 0 saturated carbocycles. The van der Waals surface area contributed by atoms with E-state index in [-0.39, 0.29) is 12.7 Å². The summed E-state index contributed by atoms with van der Waals surface area (Å²) in [6.45, 7) is 2.30. The molecule has 2 heterocycles. The van der Waals surface area contributed by atoms with Crippen molar-refractivity contribution in [3.63, 3.8) is 0 Å². The first-order valence-electron chi connectivity index (χ1n) is 12.9. The molecule has 3 aromatic rings. The number of hydrogen-bond acceptors (Lipinski definition) is 6. The number of fused-ring (bicyclic) bond motifs is 1. The molecule has 1 N–H and O–H groups in total. The maximum absolute atomic E-state index is 11.6. The van der Waals surface area contributed by atoms with E-state index in [1.165, 1.54) is 0 Å². The molecular weight excluding hydrogens is 482 g/mol. The Morgan fingerprint density at radius 2 is 1.55 bits per heavy atom. The minimum atomic E-state index is -0.718.